The van der Waals surface area contributed by atoms with Crippen LogP contribution in [0.2, 0.25) is 0 Å². The normalized spacial score (nSPS) is 16.7. The van der Waals surface area contributed by atoms with Gasteiger partial charge >= 0.3 is 0 Å². The van der Waals surface area contributed by atoms with Crippen LogP contribution in [0.5, 0.6) is 0 Å². The lowest BCUT2D eigenvalue weighted by Crippen LogP contribution is -2.37. The summed E-state index contributed by atoms with van der Waals surface area (Å²) in [6, 6.07) is 2.14. The Balaban J connectivity index is 1.70. The van der Waals surface area contributed by atoms with Gasteiger partial charge < -0.3 is 5.32 Å². The second-order valence-corrected chi connectivity index (χ2v) is 7.96. The smallest absolute Gasteiger partial charge is 0.230 e. The Hall–Kier alpha value is -0.480. The van der Waals surface area contributed by atoms with E-state index in [2.05, 4.69) is 36.0 Å². The Labute approximate surface area is 124 Å². The van der Waals surface area contributed by atoms with Gasteiger partial charge in [-0.05, 0) is 35.2 Å². The summed E-state index contributed by atoms with van der Waals surface area (Å²) in [5.41, 5.74) is 1.33. The van der Waals surface area contributed by atoms with Crippen LogP contribution in [0, 0.1) is 0 Å². The van der Waals surface area contributed by atoms with Crippen molar-refractivity contribution in [2.75, 3.05) is 12.3 Å². The second-order valence-electron chi connectivity index (χ2n) is 5.89. The molecule has 1 aromatic heterocycles. The van der Waals surface area contributed by atoms with E-state index in [1.807, 2.05) is 11.8 Å². The van der Waals surface area contributed by atoms with Crippen molar-refractivity contribution in [2.45, 2.75) is 50.2 Å². The molecule has 0 unspecified atom stereocenters. The fourth-order valence-electron chi connectivity index (χ4n) is 2.37. The average molecular weight is 297 g/mol. The van der Waals surface area contributed by atoms with E-state index in [1.165, 1.54) is 31.2 Å². The number of carbonyl (C=O) groups is 1. The van der Waals surface area contributed by atoms with Gasteiger partial charge in [0, 0.05) is 17.2 Å². The molecular weight excluding hydrogens is 274 g/mol. The Kier molecular flexibility index (Phi) is 5.34. The summed E-state index contributed by atoms with van der Waals surface area (Å²) >= 11 is 3.54. The molecule has 1 fully saturated rings. The highest BCUT2D eigenvalue weighted by Gasteiger charge is 2.22. The predicted octanol–water partition coefficient (Wildman–Crippen LogP) is 3.82. The Bertz CT molecular complexity index is 394. The molecule has 0 radical (unpaired) electrons. The van der Waals surface area contributed by atoms with E-state index < -0.39 is 0 Å². The molecule has 2 rings (SSSR count). The van der Waals surface area contributed by atoms with Crippen molar-refractivity contribution in [1.82, 2.24) is 5.32 Å². The molecule has 0 saturated heterocycles. The summed E-state index contributed by atoms with van der Waals surface area (Å²) in [5.74, 6) is 0.796. The van der Waals surface area contributed by atoms with E-state index in [9.17, 15) is 4.79 Å². The summed E-state index contributed by atoms with van der Waals surface area (Å²) in [6.07, 6.45) is 5.26. The molecule has 4 heteroatoms. The number of thioether (sulfide) groups is 1. The van der Waals surface area contributed by atoms with Gasteiger partial charge in [-0.2, -0.15) is 11.3 Å². The first-order valence-corrected chi connectivity index (χ1v) is 8.98. The highest BCUT2D eigenvalue weighted by molar-refractivity contribution is 8.00. The van der Waals surface area contributed by atoms with E-state index in [-0.39, 0.29) is 11.3 Å². The highest BCUT2D eigenvalue weighted by Crippen LogP contribution is 2.29. The number of amides is 1. The molecule has 106 valence electrons. The minimum absolute atomic E-state index is 0.0215. The standard InChI is InChI=1S/C15H23NOS2/c1-15(2,12-7-8-18-9-12)11-16-14(17)10-19-13-5-3-4-6-13/h7-9,13H,3-6,10-11H2,1-2H3,(H,16,17). The first-order valence-electron chi connectivity index (χ1n) is 6.99. The minimum Gasteiger partial charge on any atom is -0.355 e. The van der Waals surface area contributed by atoms with E-state index in [0.717, 1.165) is 5.25 Å². The van der Waals surface area contributed by atoms with Crippen molar-refractivity contribution in [3.05, 3.63) is 22.4 Å². The van der Waals surface area contributed by atoms with Gasteiger partial charge in [0.1, 0.15) is 0 Å². The average Bonchev–Trinajstić information content (AvgIpc) is 3.06. The van der Waals surface area contributed by atoms with E-state index in [1.54, 1.807) is 11.3 Å². The second kappa shape index (κ2) is 6.80. The Morgan fingerprint density at radius 1 is 1.47 bits per heavy atom. The van der Waals surface area contributed by atoms with Gasteiger partial charge in [0.05, 0.1) is 5.75 Å². The fourth-order valence-corrected chi connectivity index (χ4v) is 4.37. The van der Waals surface area contributed by atoms with Crippen molar-refractivity contribution in [3.8, 4) is 0 Å². The summed E-state index contributed by atoms with van der Waals surface area (Å²) in [4.78, 5) is 11.9. The zero-order valence-corrected chi connectivity index (χ0v) is 13.4. The lowest BCUT2D eigenvalue weighted by Gasteiger charge is -2.24. The van der Waals surface area contributed by atoms with Crippen LogP contribution in [0.4, 0.5) is 0 Å². The number of rotatable bonds is 6. The molecule has 0 aromatic carbocycles. The third-order valence-corrected chi connectivity index (χ3v) is 5.84. The van der Waals surface area contributed by atoms with Gasteiger partial charge in [-0.1, -0.05) is 26.7 Å². The van der Waals surface area contributed by atoms with Crippen LogP contribution in [-0.4, -0.2) is 23.5 Å². The van der Waals surface area contributed by atoms with Gasteiger partial charge in [-0.15, -0.1) is 11.8 Å². The van der Waals surface area contributed by atoms with E-state index in [4.69, 9.17) is 0 Å². The summed E-state index contributed by atoms with van der Waals surface area (Å²) in [7, 11) is 0. The molecule has 0 spiro atoms. The molecule has 0 aliphatic heterocycles. The van der Waals surface area contributed by atoms with Gasteiger partial charge in [0.15, 0.2) is 0 Å². The summed E-state index contributed by atoms with van der Waals surface area (Å²) in [5, 5.41) is 8.06. The molecule has 19 heavy (non-hydrogen) atoms. The third-order valence-electron chi connectivity index (χ3n) is 3.78. The molecule has 1 heterocycles. The molecule has 0 atom stereocenters. The van der Waals surface area contributed by atoms with Crippen LogP contribution in [0.25, 0.3) is 0 Å². The maximum absolute atomic E-state index is 11.9. The molecule has 1 aliphatic rings. The monoisotopic (exact) mass is 297 g/mol. The zero-order chi connectivity index (χ0) is 13.7. The zero-order valence-electron chi connectivity index (χ0n) is 11.8. The van der Waals surface area contributed by atoms with Crippen molar-refractivity contribution in [3.63, 3.8) is 0 Å². The van der Waals surface area contributed by atoms with Crippen molar-refractivity contribution in [1.29, 1.82) is 0 Å². The topological polar surface area (TPSA) is 29.1 Å². The van der Waals surface area contributed by atoms with Crippen LogP contribution in [0.1, 0.15) is 45.1 Å². The molecule has 2 nitrogen and oxygen atoms in total. The third kappa shape index (κ3) is 4.53. The lowest BCUT2D eigenvalue weighted by molar-refractivity contribution is -0.118. The quantitative estimate of drug-likeness (QED) is 0.865. The lowest BCUT2D eigenvalue weighted by atomic mass is 9.87. The van der Waals surface area contributed by atoms with Crippen LogP contribution < -0.4 is 5.32 Å². The van der Waals surface area contributed by atoms with Gasteiger partial charge in [0.25, 0.3) is 0 Å². The highest BCUT2D eigenvalue weighted by atomic mass is 32.2. The molecular formula is C15H23NOS2. The first-order chi connectivity index (χ1) is 9.08. The maximum Gasteiger partial charge on any atom is 0.230 e. The maximum atomic E-state index is 11.9. The predicted molar refractivity (Wildman–Crippen MR) is 85.1 cm³/mol. The Morgan fingerprint density at radius 2 is 2.21 bits per heavy atom. The largest absolute Gasteiger partial charge is 0.355 e. The molecule has 0 bridgehead atoms. The summed E-state index contributed by atoms with van der Waals surface area (Å²) < 4.78 is 0. The van der Waals surface area contributed by atoms with Gasteiger partial charge in [-0.25, -0.2) is 0 Å². The Morgan fingerprint density at radius 3 is 2.84 bits per heavy atom. The molecule has 1 saturated carbocycles. The SMILES string of the molecule is CC(C)(CNC(=O)CSC1CCCC1)c1ccsc1. The number of nitrogens with one attached hydrogen (secondary N) is 1. The van der Waals surface area contributed by atoms with E-state index in [0.29, 0.717) is 12.3 Å². The van der Waals surface area contributed by atoms with Crippen LogP contribution >= 0.6 is 23.1 Å². The van der Waals surface area contributed by atoms with E-state index >= 15 is 0 Å². The van der Waals surface area contributed by atoms with Crippen molar-refractivity contribution >= 4 is 29.0 Å². The number of thiophene rings is 1. The van der Waals surface area contributed by atoms with Gasteiger partial charge in [-0.3, -0.25) is 4.79 Å². The minimum atomic E-state index is 0.0215. The van der Waals surface area contributed by atoms with Crippen molar-refractivity contribution < 1.29 is 4.79 Å². The molecule has 1 amide bonds. The number of hydrogen-bond donors (Lipinski definition) is 1. The molecule has 1 N–H and O–H groups in total. The van der Waals surface area contributed by atoms with Crippen molar-refractivity contribution in [2.24, 2.45) is 0 Å². The van der Waals surface area contributed by atoms with Crippen LogP contribution in [0.3, 0.4) is 0 Å². The van der Waals surface area contributed by atoms with Gasteiger partial charge in [0.2, 0.25) is 5.91 Å². The van der Waals surface area contributed by atoms with Crippen LogP contribution in [-0.2, 0) is 10.2 Å². The van der Waals surface area contributed by atoms with Crippen LogP contribution in [0.15, 0.2) is 16.8 Å². The fraction of sp³-hybridized carbons (Fsp3) is 0.667. The summed E-state index contributed by atoms with van der Waals surface area (Å²) in [6.45, 7) is 5.08. The number of carbonyl (C=O) groups excluding carboxylic acids is 1. The number of hydrogen-bond acceptors (Lipinski definition) is 3. The molecule has 1 aromatic rings. The first kappa shape index (κ1) is 14.9. The molecule has 1 aliphatic carbocycles.